The van der Waals surface area contributed by atoms with Gasteiger partial charge in [-0.2, -0.15) is 0 Å². The number of nitrogens with one attached hydrogen (secondary N) is 3. The molecule has 0 radical (unpaired) electrons. The maximum absolute atomic E-state index is 11.4. The quantitative estimate of drug-likeness (QED) is 0.398. The fourth-order valence-corrected chi connectivity index (χ4v) is 1.52. The van der Waals surface area contributed by atoms with Crippen molar-refractivity contribution in [3.63, 3.8) is 0 Å². The number of nitrogens with zero attached hydrogens (tertiary/aromatic N) is 1. The van der Waals surface area contributed by atoms with E-state index >= 15 is 0 Å². The fraction of sp³-hybridized carbons (Fsp3) is 0.778. The Kier molecular flexibility index (Phi) is 5.58. The molecule has 7 heteroatoms. The average molecular weight is 229 g/mol. The van der Waals surface area contributed by atoms with Gasteiger partial charge in [0.1, 0.15) is 0 Å². The molecule has 5 N–H and O–H groups in total. The van der Waals surface area contributed by atoms with Crippen molar-refractivity contribution < 1.29 is 9.59 Å². The summed E-state index contributed by atoms with van der Waals surface area (Å²) in [5, 5.41) is 8.34. The first kappa shape index (κ1) is 12.7. The second kappa shape index (κ2) is 7.02. The minimum Gasteiger partial charge on any atom is -0.353 e. The van der Waals surface area contributed by atoms with Gasteiger partial charge < -0.3 is 21.7 Å². The van der Waals surface area contributed by atoms with E-state index in [0.717, 1.165) is 26.2 Å². The monoisotopic (exact) mass is 229 g/mol. The summed E-state index contributed by atoms with van der Waals surface area (Å²) in [6, 6.07) is -0.573. The Balaban J connectivity index is 2.03. The van der Waals surface area contributed by atoms with Gasteiger partial charge in [-0.15, -0.1) is 0 Å². The Morgan fingerprint density at radius 1 is 1.19 bits per heavy atom. The molecule has 1 heterocycles. The van der Waals surface area contributed by atoms with E-state index < -0.39 is 6.03 Å². The smallest absolute Gasteiger partial charge is 0.312 e. The molecular weight excluding hydrogens is 210 g/mol. The van der Waals surface area contributed by atoms with Crippen molar-refractivity contribution in [2.45, 2.75) is 0 Å². The number of nitrogens with two attached hydrogens (primary N) is 1. The van der Waals surface area contributed by atoms with Gasteiger partial charge in [-0.3, -0.25) is 9.69 Å². The third kappa shape index (κ3) is 5.52. The molecule has 0 aromatic rings. The van der Waals surface area contributed by atoms with Crippen LogP contribution in [0.3, 0.4) is 0 Å². The van der Waals surface area contributed by atoms with E-state index in [1.165, 1.54) is 0 Å². The molecule has 0 aliphatic carbocycles. The summed E-state index contributed by atoms with van der Waals surface area (Å²) in [6.45, 7) is 4.83. The number of carbonyl (C=O) groups is 2. The first-order valence-electron chi connectivity index (χ1n) is 5.41. The van der Waals surface area contributed by atoms with Crippen molar-refractivity contribution in [2.24, 2.45) is 5.73 Å². The summed E-state index contributed by atoms with van der Waals surface area (Å²) in [6.07, 6.45) is 0. The normalized spacial score (nSPS) is 16.8. The fourth-order valence-electron chi connectivity index (χ4n) is 1.52. The third-order valence-electron chi connectivity index (χ3n) is 2.32. The lowest BCUT2D eigenvalue weighted by atomic mass is 10.3. The molecule has 0 bridgehead atoms. The second-order valence-corrected chi connectivity index (χ2v) is 3.67. The van der Waals surface area contributed by atoms with Crippen molar-refractivity contribution in [1.29, 1.82) is 0 Å². The molecule has 0 aromatic carbocycles. The van der Waals surface area contributed by atoms with Crippen LogP contribution < -0.4 is 21.7 Å². The molecule has 0 aromatic heterocycles. The van der Waals surface area contributed by atoms with Gasteiger partial charge in [0.2, 0.25) is 5.91 Å². The van der Waals surface area contributed by atoms with Gasteiger partial charge in [-0.05, 0) is 0 Å². The predicted molar refractivity (Wildman–Crippen MR) is 59.9 cm³/mol. The molecule has 1 aliphatic rings. The van der Waals surface area contributed by atoms with Crippen LogP contribution in [0.25, 0.3) is 0 Å². The highest BCUT2D eigenvalue weighted by Crippen LogP contribution is 1.90. The number of amides is 3. The zero-order valence-corrected chi connectivity index (χ0v) is 9.29. The largest absolute Gasteiger partial charge is 0.353 e. The van der Waals surface area contributed by atoms with Crippen LogP contribution in [0, 0.1) is 0 Å². The van der Waals surface area contributed by atoms with Crippen molar-refractivity contribution in [3.8, 4) is 0 Å². The van der Waals surface area contributed by atoms with E-state index in [1.54, 1.807) is 0 Å². The zero-order chi connectivity index (χ0) is 11.8. The average Bonchev–Trinajstić information content (AvgIpc) is 2.25. The molecule has 7 nitrogen and oxygen atoms in total. The number of hydrogen-bond acceptors (Lipinski definition) is 4. The van der Waals surface area contributed by atoms with Gasteiger partial charge in [0.15, 0.2) is 0 Å². The van der Waals surface area contributed by atoms with Crippen molar-refractivity contribution in [1.82, 2.24) is 20.9 Å². The summed E-state index contributed by atoms with van der Waals surface area (Å²) in [5.41, 5.74) is 4.88. The van der Waals surface area contributed by atoms with Gasteiger partial charge in [-0.1, -0.05) is 0 Å². The Hall–Kier alpha value is -1.34. The molecule has 0 unspecified atom stereocenters. The topological polar surface area (TPSA) is 99.5 Å². The molecule has 0 spiro atoms. The number of piperazine rings is 1. The molecular formula is C9H19N5O2. The van der Waals surface area contributed by atoms with Crippen LogP contribution >= 0.6 is 0 Å². The van der Waals surface area contributed by atoms with E-state index in [-0.39, 0.29) is 5.91 Å². The molecule has 0 atom stereocenters. The van der Waals surface area contributed by atoms with E-state index in [1.807, 2.05) is 0 Å². The lowest BCUT2D eigenvalue weighted by molar-refractivity contribution is -0.122. The molecule has 1 saturated heterocycles. The number of urea groups is 1. The molecule has 3 amide bonds. The van der Waals surface area contributed by atoms with Crippen molar-refractivity contribution >= 4 is 11.9 Å². The molecule has 16 heavy (non-hydrogen) atoms. The summed E-state index contributed by atoms with van der Waals surface area (Å²) in [5.74, 6) is -0.0202. The van der Waals surface area contributed by atoms with Crippen molar-refractivity contribution in [3.05, 3.63) is 0 Å². The van der Waals surface area contributed by atoms with Crippen LogP contribution in [0.15, 0.2) is 0 Å². The number of carbonyl (C=O) groups excluding carboxylic acids is 2. The first-order chi connectivity index (χ1) is 7.68. The van der Waals surface area contributed by atoms with Gasteiger partial charge in [0.05, 0.1) is 6.54 Å². The standard InChI is InChI=1S/C9H19N5O2/c10-9(16)13-2-1-12-8(15)7-14-5-3-11-4-6-14/h11H,1-7H2,(H,12,15)(H3,10,13,16). The Morgan fingerprint density at radius 3 is 2.44 bits per heavy atom. The van der Waals surface area contributed by atoms with E-state index in [2.05, 4.69) is 20.9 Å². The Labute approximate surface area is 94.7 Å². The van der Waals surface area contributed by atoms with Crippen LogP contribution in [0.5, 0.6) is 0 Å². The lowest BCUT2D eigenvalue weighted by Crippen LogP contribution is -2.48. The van der Waals surface area contributed by atoms with Gasteiger partial charge >= 0.3 is 6.03 Å². The number of hydrogen-bond donors (Lipinski definition) is 4. The number of primary amides is 1. The van der Waals surface area contributed by atoms with E-state index in [0.29, 0.717) is 19.6 Å². The Bertz CT molecular complexity index is 240. The minimum absolute atomic E-state index is 0.0202. The van der Waals surface area contributed by atoms with Crippen LogP contribution in [0.4, 0.5) is 4.79 Å². The van der Waals surface area contributed by atoms with Crippen LogP contribution in [0.2, 0.25) is 0 Å². The third-order valence-corrected chi connectivity index (χ3v) is 2.32. The predicted octanol–water partition coefficient (Wildman–Crippen LogP) is -2.32. The number of rotatable bonds is 5. The minimum atomic E-state index is -0.573. The molecule has 1 aliphatic heterocycles. The van der Waals surface area contributed by atoms with Crippen LogP contribution in [-0.4, -0.2) is 62.7 Å². The zero-order valence-electron chi connectivity index (χ0n) is 9.29. The highest BCUT2D eigenvalue weighted by atomic mass is 16.2. The maximum atomic E-state index is 11.4. The molecule has 92 valence electrons. The van der Waals surface area contributed by atoms with Crippen LogP contribution in [0.1, 0.15) is 0 Å². The van der Waals surface area contributed by atoms with Crippen molar-refractivity contribution in [2.75, 3.05) is 45.8 Å². The van der Waals surface area contributed by atoms with Crippen LogP contribution in [-0.2, 0) is 4.79 Å². The summed E-state index contributed by atoms with van der Waals surface area (Å²) < 4.78 is 0. The summed E-state index contributed by atoms with van der Waals surface area (Å²) in [4.78, 5) is 23.9. The van der Waals surface area contributed by atoms with Gasteiger partial charge in [0.25, 0.3) is 0 Å². The van der Waals surface area contributed by atoms with E-state index in [9.17, 15) is 9.59 Å². The highest BCUT2D eigenvalue weighted by Gasteiger charge is 2.12. The maximum Gasteiger partial charge on any atom is 0.312 e. The second-order valence-electron chi connectivity index (χ2n) is 3.67. The molecule has 1 rings (SSSR count). The Morgan fingerprint density at radius 2 is 1.81 bits per heavy atom. The SMILES string of the molecule is NC(=O)NCCNC(=O)CN1CCNCC1. The summed E-state index contributed by atoms with van der Waals surface area (Å²) in [7, 11) is 0. The van der Waals surface area contributed by atoms with Gasteiger partial charge in [-0.25, -0.2) is 4.79 Å². The summed E-state index contributed by atoms with van der Waals surface area (Å²) >= 11 is 0. The van der Waals surface area contributed by atoms with Gasteiger partial charge in [0, 0.05) is 39.3 Å². The molecule has 0 saturated carbocycles. The van der Waals surface area contributed by atoms with E-state index in [4.69, 9.17) is 5.73 Å². The first-order valence-corrected chi connectivity index (χ1v) is 5.41. The highest BCUT2D eigenvalue weighted by molar-refractivity contribution is 5.78. The lowest BCUT2D eigenvalue weighted by Gasteiger charge is -2.26. The molecule has 1 fully saturated rings.